The Kier molecular flexibility index (Phi) is 8.84. The second-order valence-corrected chi connectivity index (χ2v) is 12.4. The van der Waals surface area contributed by atoms with Gasteiger partial charge in [0.2, 0.25) is 0 Å². The van der Waals surface area contributed by atoms with Crippen LogP contribution in [-0.4, -0.2) is 52.6 Å². The van der Waals surface area contributed by atoms with Crippen molar-refractivity contribution in [1.29, 1.82) is 0 Å². The maximum Gasteiger partial charge on any atom is 0.410 e. The van der Waals surface area contributed by atoms with E-state index in [0.717, 1.165) is 33.7 Å². The molecule has 1 saturated carbocycles. The number of aromatic nitrogens is 2. The summed E-state index contributed by atoms with van der Waals surface area (Å²) >= 11 is 1.45. The Balaban J connectivity index is 1.30. The molecule has 8 nitrogen and oxygen atoms in total. The molecule has 0 atom stereocenters. The maximum absolute atomic E-state index is 14.9. The summed E-state index contributed by atoms with van der Waals surface area (Å²) in [6.45, 7) is 6.60. The van der Waals surface area contributed by atoms with Crippen molar-refractivity contribution in [3.8, 4) is 22.1 Å². The number of thiophene rings is 1. The molecule has 1 fully saturated rings. The van der Waals surface area contributed by atoms with E-state index in [4.69, 9.17) is 14.2 Å². The van der Waals surface area contributed by atoms with Crippen molar-refractivity contribution in [2.24, 2.45) is 5.92 Å². The number of rotatable bonds is 11. The zero-order valence-corrected chi connectivity index (χ0v) is 25.0. The summed E-state index contributed by atoms with van der Waals surface area (Å²) in [5.74, 6) is 0.366. The summed E-state index contributed by atoms with van der Waals surface area (Å²) in [7, 11) is 1.59. The molecule has 1 aliphatic rings. The standard InChI is InChI=1S/C32H34FN3O5S/c1-32(2,3)41-31(38)36(13-14-39-4)19-21-5-9-24(35-18-21)29-17-25-30(42-29)28(11-12-34-25)40-27-10-6-20(15-23(27)33)16-26(37)22-7-8-22/h5-6,9-12,15,17-18,22H,7-8,13-14,16,19H2,1-4H3. The summed E-state index contributed by atoms with van der Waals surface area (Å²) in [5.41, 5.74) is 2.34. The monoisotopic (exact) mass is 591 g/mol. The Hall–Kier alpha value is -3.89. The van der Waals surface area contributed by atoms with Crippen molar-refractivity contribution in [3.05, 3.63) is 71.8 Å². The average molecular weight is 592 g/mol. The van der Waals surface area contributed by atoms with Crippen molar-refractivity contribution in [1.82, 2.24) is 14.9 Å². The highest BCUT2D eigenvalue weighted by molar-refractivity contribution is 7.22. The molecular weight excluding hydrogens is 557 g/mol. The molecule has 0 N–H and O–H groups in total. The van der Waals surface area contributed by atoms with E-state index < -0.39 is 17.5 Å². The highest BCUT2D eigenvalue weighted by atomic mass is 32.1. The molecule has 42 heavy (non-hydrogen) atoms. The first-order valence-corrected chi connectivity index (χ1v) is 14.7. The van der Waals surface area contributed by atoms with Crippen LogP contribution in [0.15, 0.2) is 54.9 Å². The van der Waals surface area contributed by atoms with Crippen LogP contribution in [0.1, 0.15) is 44.7 Å². The number of pyridine rings is 2. The molecule has 5 rings (SSSR count). The van der Waals surface area contributed by atoms with Crippen LogP contribution in [0.3, 0.4) is 0 Å². The smallest absolute Gasteiger partial charge is 0.410 e. The Morgan fingerprint density at radius 2 is 1.83 bits per heavy atom. The Labute approximate surface area is 248 Å². The van der Waals surface area contributed by atoms with Gasteiger partial charge in [0.15, 0.2) is 11.6 Å². The Morgan fingerprint density at radius 3 is 2.50 bits per heavy atom. The van der Waals surface area contributed by atoms with Gasteiger partial charge in [0.1, 0.15) is 17.1 Å². The van der Waals surface area contributed by atoms with Gasteiger partial charge in [-0.25, -0.2) is 9.18 Å². The fraction of sp³-hybridized carbons (Fsp3) is 0.375. The van der Waals surface area contributed by atoms with Crippen molar-refractivity contribution in [2.75, 3.05) is 20.3 Å². The van der Waals surface area contributed by atoms with Crippen LogP contribution >= 0.6 is 11.3 Å². The lowest BCUT2D eigenvalue weighted by Gasteiger charge is -2.27. The molecule has 10 heteroatoms. The summed E-state index contributed by atoms with van der Waals surface area (Å²) < 4.78 is 32.4. The first kappa shape index (κ1) is 29.6. The van der Waals surface area contributed by atoms with Crippen molar-refractivity contribution in [2.45, 2.75) is 52.2 Å². The first-order chi connectivity index (χ1) is 20.1. The largest absolute Gasteiger partial charge is 0.453 e. The van der Waals surface area contributed by atoms with Gasteiger partial charge in [0.25, 0.3) is 0 Å². The summed E-state index contributed by atoms with van der Waals surface area (Å²) in [4.78, 5) is 36.4. The number of fused-ring (bicyclic) bond motifs is 1. The molecule has 3 aromatic heterocycles. The van der Waals surface area contributed by atoms with Gasteiger partial charge in [0, 0.05) is 44.5 Å². The number of halogens is 1. The third-order valence-electron chi connectivity index (χ3n) is 6.67. The van der Waals surface area contributed by atoms with Crippen LogP contribution in [0.5, 0.6) is 11.5 Å². The molecule has 0 radical (unpaired) electrons. The SMILES string of the molecule is COCCN(Cc1ccc(-c2cc3nccc(Oc4ccc(CC(=O)C5CC5)cc4F)c3s2)nc1)C(=O)OC(C)(C)C. The van der Waals surface area contributed by atoms with Gasteiger partial charge >= 0.3 is 6.09 Å². The van der Waals surface area contributed by atoms with Crippen molar-refractivity contribution >= 4 is 33.4 Å². The van der Waals surface area contributed by atoms with E-state index in [1.807, 2.05) is 39.0 Å². The number of carbonyl (C=O) groups excluding carboxylic acids is 2. The average Bonchev–Trinajstić information content (AvgIpc) is 3.70. The van der Waals surface area contributed by atoms with Crippen LogP contribution < -0.4 is 4.74 Å². The van der Waals surface area contributed by atoms with Crippen molar-refractivity contribution in [3.63, 3.8) is 0 Å². The molecule has 1 aliphatic carbocycles. The van der Waals surface area contributed by atoms with Gasteiger partial charge in [-0.05, 0) is 69.0 Å². The summed E-state index contributed by atoms with van der Waals surface area (Å²) in [5, 5.41) is 0. The number of methoxy groups -OCH3 is 1. The molecule has 0 aliphatic heterocycles. The Bertz CT molecular complexity index is 1580. The summed E-state index contributed by atoms with van der Waals surface area (Å²) in [6, 6.07) is 12.1. The van der Waals surface area contributed by atoms with Gasteiger partial charge in [0.05, 0.1) is 33.9 Å². The summed E-state index contributed by atoms with van der Waals surface area (Å²) in [6.07, 6.45) is 5.06. The van der Waals surface area contributed by atoms with E-state index in [-0.39, 0.29) is 23.9 Å². The number of ketones is 1. The second kappa shape index (κ2) is 12.5. The van der Waals surface area contributed by atoms with Gasteiger partial charge in [-0.3, -0.25) is 14.8 Å². The lowest BCUT2D eigenvalue weighted by molar-refractivity contribution is -0.119. The molecule has 0 bridgehead atoms. The minimum Gasteiger partial charge on any atom is -0.453 e. The molecule has 220 valence electrons. The third kappa shape index (κ3) is 7.49. The molecule has 0 spiro atoms. The van der Waals surface area contributed by atoms with E-state index in [9.17, 15) is 14.0 Å². The van der Waals surface area contributed by atoms with Crippen LogP contribution in [-0.2, 0) is 27.2 Å². The molecule has 1 aromatic carbocycles. The lowest BCUT2D eigenvalue weighted by Crippen LogP contribution is -2.38. The number of hydrogen-bond donors (Lipinski definition) is 0. The van der Waals surface area contributed by atoms with Crippen LogP contribution in [0.2, 0.25) is 0 Å². The number of carbonyl (C=O) groups is 2. The van der Waals surface area contributed by atoms with Gasteiger partial charge in [-0.1, -0.05) is 12.1 Å². The molecule has 1 amide bonds. The minimum atomic E-state index is -0.604. The quantitative estimate of drug-likeness (QED) is 0.182. The zero-order chi connectivity index (χ0) is 29.9. The van der Waals surface area contributed by atoms with Gasteiger partial charge in [-0.2, -0.15) is 0 Å². The maximum atomic E-state index is 14.9. The van der Waals surface area contributed by atoms with E-state index in [0.29, 0.717) is 36.5 Å². The van der Waals surface area contributed by atoms with Crippen LogP contribution in [0.25, 0.3) is 20.8 Å². The van der Waals surface area contributed by atoms with E-state index in [1.165, 1.54) is 17.4 Å². The zero-order valence-electron chi connectivity index (χ0n) is 24.2. The number of hydrogen-bond acceptors (Lipinski definition) is 8. The predicted octanol–water partition coefficient (Wildman–Crippen LogP) is 7.19. The van der Waals surface area contributed by atoms with E-state index >= 15 is 0 Å². The lowest BCUT2D eigenvalue weighted by atomic mass is 10.1. The predicted molar refractivity (Wildman–Crippen MR) is 159 cm³/mol. The molecule has 3 heterocycles. The molecule has 0 unspecified atom stereocenters. The number of amides is 1. The number of ether oxygens (including phenoxy) is 3. The first-order valence-electron chi connectivity index (χ1n) is 13.9. The molecule has 0 saturated heterocycles. The second-order valence-electron chi connectivity index (χ2n) is 11.4. The minimum absolute atomic E-state index is 0.0885. The van der Waals surface area contributed by atoms with Crippen LogP contribution in [0, 0.1) is 11.7 Å². The highest BCUT2D eigenvalue weighted by Crippen LogP contribution is 2.39. The molecular formula is C32H34FN3O5S. The number of Topliss-reactive ketones (excluding diaryl/α,β-unsaturated/α-hetero) is 1. The highest BCUT2D eigenvalue weighted by Gasteiger charge is 2.29. The fourth-order valence-electron chi connectivity index (χ4n) is 4.37. The normalized spacial score (nSPS) is 13.3. The van der Waals surface area contributed by atoms with Crippen LogP contribution in [0.4, 0.5) is 9.18 Å². The topological polar surface area (TPSA) is 90.9 Å². The van der Waals surface area contributed by atoms with E-state index in [2.05, 4.69) is 9.97 Å². The van der Waals surface area contributed by atoms with E-state index in [1.54, 1.807) is 42.6 Å². The fourth-order valence-corrected chi connectivity index (χ4v) is 5.42. The van der Waals surface area contributed by atoms with Crippen molar-refractivity contribution < 1.29 is 28.2 Å². The Morgan fingerprint density at radius 1 is 1.05 bits per heavy atom. The third-order valence-corrected chi connectivity index (χ3v) is 7.83. The molecule has 4 aromatic rings. The van der Waals surface area contributed by atoms with Gasteiger partial charge in [-0.15, -0.1) is 11.3 Å². The van der Waals surface area contributed by atoms with Gasteiger partial charge < -0.3 is 19.1 Å². The number of benzene rings is 1. The number of nitrogens with zero attached hydrogens (tertiary/aromatic N) is 3.